The summed E-state index contributed by atoms with van der Waals surface area (Å²) in [5.41, 5.74) is -0.536. The topological polar surface area (TPSA) is 390 Å². The minimum absolute atomic E-state index is 0.00699. The van der Waals surface area contributed by atoms with Gasteiger partial charge in [0.15, 0.2) is 11.8 Å². The lowest BCUT2D eigenvalue weighted by Crippen LogP contribution is -2.53. The average molecular weight is 1210 g/mol. The van der Waals surface area contributed by atoms with Gasteiger partial charge in [0.1, 0.15) is 17.2 Å². The number of nitrogens with one attached hydrogen (secondary N) is 5. The molecule has 454 valence electrons. The van der Waals surface area contributed by atoms with E-state index in [4.69, 9.17) is 32.7 Å². The number of aliphatic hydroxyl groups excluding tert-OH is 1. The summed E-state index contributed by atoms with van der Waals surface area (Å²) >= 11 is 12.8. The Kier molecular flexibility index (Phi) is 24.2. The lowest BCUT2D eigenvalue weighted by molar-refractivity contribution is -0.141. The molecule has 0 radical (unpaired) electrons. The summed E-state index contributed by atoms with van der Waals surface area (Å²) < 4.78 is 11.3. The Morgan fingerprint density at radius 3 is 1.90 bits per heavy atom. The van der Waals surface area contributed by atoms with Crippen molar-refractivity contribution in [2.45, 2.75) is 49.7 Å². The normalized spacial score (nSPS) is 18.1. The van der Waals surface area contributed by atoms with E-state index in [0.29, 0.717) is 17.7 Å². The monoisotopic (exact) mass is 1210 g/mol. The third-order valence-corrected chi connectivity index (χ3v) is 14.2. The number of anilines is 1. The molecule has 4 aromatic carbocycles. The number of aliphatic carboxylic acids is 4. The lowest BCUT2D eigenvalue weighted by Gasteiger charge is -2.38. The Morgan fingerprint density at radius 2 is 1.29 bits per heavy atom. The van der Waals surface area contributed by atoms with E-state index >= 15 is 0 Å². The number of halogens is 2. The number of carbonyl (C=O) groups excluding carboxylic acids is 4. The van der Waals surface area contributed by atoms with Gasteiger partial charge in [-0.05, 0) is 66.1 Å². The van der Waals surface area contributed by atoms with E-state index in [-0.39, 0.29) is 155 Å². The van der Waals surface area contributed by atoms with E-state index in [9.17, 15) is 79.2 Å². The molecule has 1 aliphatic heterocycles. The maximum Gasteiger partial charge on any atom is 0.331 e. The summed E-state index contributed by atoms with van der Waals surface area (Å²) in [6.45, 7) is 0.584. The third kappa shape index (κ3) is 20.5. The number of nitrogens with zero attached hydrogens (tertiary/aromatic N) is 4. The number of urea groups is 1. The van der Waals surface area contributed by atoms with Crippen LogP contribution in [0.3, 0.4) is 0 Å². The number of hydrogen-bond donors (Lipinski definition) is 13. The van der Waals surface area contributed by atoms with Crippen molar-refractivity contribution in [3.63, 3.8) is 0 Å². The number of benzene rings is 4. The summed E-state index contributed by atoms with van der Waals surface area (Å²) in [4.78, 5) is 107. The zero-order valence-electron chi connectivity index (χ0n) is 45.4. The first-order valence-corrected chi connectivity index (χ1v) is 27.3. The molecule has 1 saturated carbocycles. The number of carboxylic acids is 4. The molecule has 27 nitrogen and oxygen atoms in total. The summed E-state index contributed by atoms with van der Waals surface area (Å²) in [5, 5.41) is 91.6. The van der Waals surface area contributed by atoms with Gasteiger partial charge in [0.05, 0.1) is 54.5 Å². The number of hydrogen-bond acceptors (Lipinski definition) is 18. The van der Waals surface area contributed by atoms with Gasteiger partial charge in [0.25, 0.3) is 17.7 Å². The van der Waals surface area contributed by atoms with Crippen molar-refractivity contribution >= 4 is 76.5 Å². The molecule has 2 fully saturated rings. The van der Waals surface area contributed by atoms with Crippen LogP contribution in [-0.4, -0.2) is 230 Å². The molecule has 0 spiro atoms. The Labute approximate surface area is 491 Å². The number of aliphatic hydroxyl groups is 2. The molecule has 1 heterocycles. The van der Waals surface area contributed by atoms with E-state index in [1.807, 2.05) is 0 Å². The van der Waals surface area contributed by atoms with Crippen molar-refractivity contribution in [3.05, 3.63) is 117 Å². The number of phenols is 2. The highest BCUT2D eigenvalue weighted by molar-refractivity contribution is 6.40. The van der Waals surface area contributed by atoms with Crippen molar-refractivity contribution in [1.29, 1.82) is 0 Å². The maximum absolute atomic E-state index is 13.4. The predicted molar refractivity (Wildman–Crippen MR) is 301 cm³/mol. The first-order chi connectivity index (χ1) is 40.0. The van der Waals surface area contributed by atoms with Crippen LogP contribution < -0.4 is 31.3 Å². The largest absolute Gasteiger partial charge is 0.508 e. The van der Waals surface area contributed by atoms with Crippen molar-refractivity contribution < 1.29 is 88.7 Å². The van der Waals surface area contributed by atoms with Crippen LogP contribution in [0.5, 0.6) is 17.2 Å². The lowest BCUT2D eigenvalue weighted by atomic mass is 10.0. The van der Waals surface area contributed by atoms with Gasteiger partial charge in [0, 0.05) is 114 Å². The minimum atomic E-state index is -1.95. The molecule has 6 rings (SSSR count). The number of carboxylic acid groups (broad SMARTS) is 4. The highest BCUT2D eigenvalue weighted by Crippen LogP contribution is 2.39. The van der Waals surface area contributed by atoms with Crippen LogP contribution >= 0.6 is 23.2 Å². The Bertz CT molecular complexity index is 2970. The van der Waals surface area contributed by atoms with E-state index in [0.717, 1.165) is 11.6 Å². The van der Waals surface area contributed by atoms with E-state index in [1.165, 1.54) is 36.4 Å². The average Bonchev–Trinajstić information content (AvgIpc) is 1.84. The summed E-state index contributed by atoms with van der Waals surface area (Å²) in [7, 11) is 0. The van der Waals surface area contributed by atoms with Gasteiger partial charge in [-0.25, -0.2) is 9.59 Å². The number of aromatic hydroxyl groups is 2. The van der Waals surface area contributed by atoms with Crippen molar-refractivity contribution in [2.75, 3.05) is 104 Å². The SMILES string of the molecule is O=C(O)CN1CCN(CC(=O)O)CCN(CC(=O)O)C(Cc2ccc(NC(=O)NCCOCCCOc3cc(O)cc(C(=O)N[C@@H]4CC4(NC(=O)c4c(Cl)cc(C(=O)NCc5cccc(O)c5)cc4Cl)C(=O)O)c3)cc2)CN(CC(O)O)CC1. The van der Waals surface area contributed by atoms with Gasteiger partial charge in [-0.15, -0.1) is 0 Å². The predicted octanol–water partition coefficient (Wildman–Crippen LogP) is 1.39. The van der Waals surface area contributed by atoms with Gasteiger partial charge in [-0.3, -0.25) is 48.4 Å². The zero-order valence-corrected chi connectivity index (χ0v) is 46.9. The van der Waals surface area contributed by atoms with Crippen LogP contribution in [0.15, 0.2) is 78.9 Å². The zero-order chi connectivity index (χ0) is 61.1. The molecule has 5 amide bonds. The smallest absolute Gasteiger partial charge is 0.331 e. The summed E-state index contributed by atoms with van der Waals surface area (Å²) in [6.07, 6.45) is -1.32. The second-order valence-electron chi connectivity index (χ2n) is 20.0. The number of carbonyl (C=O) groups is 8. The Balaban J connectivity index is 0.929. The highest BCUT2D eigenvalue weighted by Gasteiger charge is 2.63. The Hall–Kier alpha value is -7.86. The van der Waals surface area contributed by atoms with E-state index in [2.05, 4.69) is 26.6 Å². The van der Waals surface area contributed by atoms with Crippen LogP contribution in [0.4, 0.5) is 10.5 Å². The molecule has 2 unspecified atom stereocenters. The molecule has 13 N–H and O–H groups in total. The van der Waals surface area contributed by atoms with Gasteiger partial charge in [-0.2, -0.15) is 0 Å². The molecular weight excluding hydrogens is 1150 g/mol. The van der Waals surface area contributed by atoms with Crippen LogP contribution in [0, 0.1) is 0 Å². The molecule has 4 aromatic rings. The number of ether oxygens (including phenoxy) is 2. The van der Waals surface area contributed by atoms with Gasteiger partial charge in [-0.1, -0.05) is 47.5 Å². The molecule has 1 aliphatic carbocycles. The molecule has 84 heavy (non-hydrogen) atoms. The number of phenolic OH excluding ortho intramolecular Hbond substituents is 2. The van der Waals surface area contributed by atoms with Gasteiger partial charge in [0.2, 0.25) is 0 Å². The quantitative estimate of drug-likeness (QED) is 0.0296. The first-order valence-electron chi connectivity index (χ1n) is 26.5. The van der Waals surface area contributed by atoms with Crippen LogP contribution in [-0.2, 0) is 36.9 Å². The fraction of sp³-hybridized carbons (Fsp3) is 0.418. The molecule has 0 bridgehead atoms. The molecule has 1 saturated heterocycles. The van der Waals surface area contributed by atoms with Gasteiger partial charge < -0.3 is 76.9 Å². The molecule has 0 aromatic heterocycles. The fourth-order valence-electron chi connectivity index (χ4n) is 9.32. The van der Waals surface area contributed by atoms with Gasteiger partial charge >= 0.3 is 29.9 Å². The van der Waals surface area contributed by atoms with Crippen LogP contribution in [0.2, 0.25) is 10.0 Å². The molecule has 29 heteroatoms. The minimum Gasteiger partial charge on any atom is -0.508 e. The number of amides is 5. The number of β-amino-alcohol motifs (C(OH)–C–C–N with tert-alkyl or cyclic N) is 2. The van der Waals surface area contributed by atoms with Crippen LogP contribution in [0.1, 0.15) is 55.0 Å². The van der Waals surface area contributed by atoms with E-state index < -0.39 is 78.1 Å². The second kappa shape index (κ2) is 31.2. The first kappa shape index (κ1) is 65.3. The fourth-order valence-corrected chi connectivity index (χ4v) is 9.98. The summed E-state index contributed by atoms with van der Waals surface area (Å²) in [6, 6.07) is 17.0. The number of rotatable bonds is 27. The molecular formula is C55H67Cl2N9O18. The van der Waals surface area contributed by atoms with Crippen molar-refractivity contribution in [2.24, 2.45) is 0 Å². The molecule has 2 aliphatic rings. The summed E-state index contributed by atoms with van der Waals surface area (Å²) in [5.74, 6) is -7.32. The Morgan fingerprint density at radius 1 is 0.655 bits per heavy atom. The third-order valence-electron chi connectivity index (χ3n) is 13.6. The second-order valence-corrected chi connectivity index (χ2v) is 20.9. The maximum atomic E-state index is 13.4. The van der Waals surface area contributed by atoms with Crippen molar-refractivity contribution in [1.82, 2.24) is 40.9 Å². The van der Waals surface area contributed by atoms with Crippen molar-refractivity contribution in [3.8, 4) is 17.2 Å². The molecule has 3 atom stereocenters. The van der Waals surface area contributed by atoms with E-state index in [1.54, 1.807) is 56.0 Å². The highest BCUT2D eigenvalue weighted by atomic mass is 35.5. The standard InChI is InChI=1S/C55H67Cl2N9O18/c56-42-23-36(50(77)59-27-34-3-1-4-39(67)20-34)24-43(57)49(42)52(79)62-55(53(80)81)26-44(55)61-51(78)35-21-40(68)25-41(22-35)84-17-2-16-83-18-9-58-54(82)60-37-7-5-33(6-8-37)19-38-28-65(31-47(73)74)13-12-63(29-45(69)70)10-11-64(30-46(71)72)14-15-66(38)32-48(75)76/h1,3-8,20-25,38,44,47,67-68,73-74H,2,9-19,26-32H2,(H,59,77)(H,61,78)(H,62,79)(H,69,70)(H,71,72)(H,75,76)(H,80,81)(H2,58,60,82)/t38?,44-,55?/m1/s1. The van der Waals surface area contributed by atoms with Crippen LogP contribution in [0.25, 0.3) is 0 Å².